The normalized spacial score (nSPS) is 12.3. The van der Waals surface area contributed by atoms with Crippen molar-refractivity contribution in [2.24, 2.45) is 0 Å². The van der Waals surface area contributed by atoms with Crippen molar-refractivity contribution in [3.8, 4) is 0 Å². The van der Waals surface area contributed by atoms with Gasteiger partial charge in [-0.15, -0.1) is 0 Å². The van der Waals surface area contributed by atoms with Crippen molar-refractivity contribution in [3.05, 3.63) is 99.3 Å². The molecule has 3 rings (SSSR count). The summed E-state index contributed by atoms with van der Waals surface area (Å²) in [4.78, 5) is 0. The van der Waals surface area contributed by atoms with Crippen LogP contribution in [0.5, 0.6) is 0 Å². The molecule has 2 nitrogen and oxygen atoms in total. The first-order valence-corrected chi connectivity index (χ1v) is 28.1. The summed E-state index contributed by atoms with van der Waals surface area (Å²) in [6, 6.07) is 10.0. The van der Waals surface area contributed by atoms with E-state index in [9.17, 15) is 5.53 Å². The van der Waals surface area contributed by atoms with Gasteiger partial charge in [0.2, 0.25) is 11.4 Å². The molecule has 1 aliphatic rings. The number of rotatable bonds is 34. The van der Waals surface area contributed by atoms with E-state index in [2.05, 4.69) is 107 Å². The second kappa shape index (κ2) is 41.0. The van der Waals surface area contributed by atoms with Crippen LogP contribution in [0.1, 0.15) is 294 Å². The zero-order valence-electron chi connectivity index (χ0n) is 45.0. The number of unbranched alkanes of at least 4 members (excludes halogenated alkanes) is 16. The van der Waals surface area contributed by atoms with Gasteiger partial charge in [-0.3, -0.25) is 0 Å². The molecular weight excluding hydrogens is 831 g/mol. The molecule has 0 radical (unpaired) electrons. The Morgan fingerprint density at radius 1 is 0.338 bits per heavy atom. The largest absolute Gasteiger partial charge is 2.00 e. The minimum absolute atomic E-state index is 0. The maximum atomic E-state index is 12.7. The average molecular weight is 938 g/mol. The van der Waals surface area contributed by atoms with Crippen LogP contribution in [0, 0.1) is 13.8 Å². The molecule has 65 heavy (non-hydrogen) atoms. The van der Waals surface area contributed by atoms with Crippen molar-refractivity contribution in [3.63, 3.8) is 0 Å². The Morgan fingerprint density at radius 2 is 0.585 bits per heavy atom. The molecule has 0 amide bonds. The van der Waals surface area contributed by atoms with Crippen LogP contribution in [0.25, 0.3) is 16.9 Å². The molecule has 0 bridgehead atoms. The number of nitrogens with zero attached hydrogens (tertiary/aromatic N) is 2. The van der Waals surface area contributed by atoms with E-state index in [0.29, 0.717) is 0 Å². The standard InChI is InChI=1S/C48H76N2.2C7H15.Ni/c1-9-17-25-37-33-41(34-38(26-18-10-2)43(37)29-21-13-5)47-45(31-23-15-7)46(32-24-16-8)48(50(47)49)42-35-39(27-19-11-3)44(30-22-14-6)40(36-42)28-20-12-4;2*1-3-5-7-6-4-2;/h33-36H,9-32H2,1-8H3;2*1,3-7H2,2H3;/q;2*-1;+2. The van der Waals surface area contributed by atoms with Crippen molar-refractivity contribution < 1.29 is 21.2 Å². The van der Waals surface area contributed by atoms with Crippen LogP contribution < -0.4 is 0 Å². The number of hydrogen-bond donors (Lipinski definition) is 0. The second-order valence-corrected chi connectivity index (χ2v) is 19.2. The number of benzene rings is 2. The second-order valence-electron chi connectivity index (χ2n) is 19.2. The molecule has 0 unspecified atom stereocenters. The molecule has 0 fully saturated rings. The summed E-state index contributed by atoms with van der Waals surface area (Å²) < 4.78 is 1.69. The van der Waals surface area contributed by atoms with E-state index in [0.717, 1.165) is 88.4 Å². The van der Waals surface area contributed by atoms with Gasteiger partial charge in [-0.2, -0.15) is 12.8 Å². The van der Waals surface area contributed by atoms with E-state index < -0.39 is 0 Å². The van der Waals surface area contributed by atoms with Gasteiger partial charge >= 0.3 is 16.5 Å². The Morgan fingerprint density at radius 3 is 0.831 bits per heavy atom. The van der Waals surface area contributed by atoms with Gasteiger partial charge in [-0.25, -0.2) is 4.70 Å². The molecule has 374 valence electrons. The molecule has 0 aromatic heterocycles. The van der Waals surface area contributed by atoms with Crippen molar-refractivity contribution in [1.29, 1.82) is 0 Å². The number of hydrogen-bond acceptors (Lipinski definition) is 0. The first kappa shape index (κ1) is 63.0. The van der Waals surface area contributed by atoms with Gasteiger partial charge in [0.1, 0.15) is 0 Å². The molecule has 1 heterocycles. The molecule has 1 aliphatic heterocycles. The van der Waals surface area contributed by atoms with E-state index in [1.54, 1.807) is 15.8 Å². The average Bonchev–Trinajstić information content (AvgIpc) is 3.59. The fourth-order valence-electron chi connectivity index (χ4n) is 9.28. The van der Waals surface area contributed by atoms with Gasteiger partial charge in [-0.1, -0.05) is 172 Å². The Bertz CT molecular complexity index is 1400. The van der Waals surface area contributed by atoms with Crippen molar-refractivity contribution in [2.45, 2.75) is 288 Å². The van der Waals surface area contributed by atoms with Crippen LogP contribution in [-0.4, -0.2) is 4.70 Å². The van der Waals surface area contributed by atoms with E-state index in [4.69, 9.17) is 0 Å². The van der Waals surface area contributed by atoms with Crippen LogP contribution in [0.4, 0.5) is 0 Å². The fraction of sp³-hybridized carbons (Fsp3) is 0.710. The van der Waals surface area contributed by atoms with E-state index in [1.165, 1.54) is 186 Å². The Kier molecular flexibility index (Phi) is 39.8. The maximum Gasteiger partial charge on any atom is 2.00 e. The SMILES string of the molecule is CCCCC1=C(c2cc(CCCC)c(CCCC)c(CCCC)c2)[N+](=[N-])C(c2cc(CCCC)c(CCCC)c(CCCC)c2)=C1CCCC.[CH2-]CCCCCC.[CH2-]CCCCCC.[Ni+2]. The zero-order chi connectivity index (χ0) is 47.4. The zero-order valence-corrected chi connectivity index (χ0v) is 46.0. The Balaban J connectivity index is 0.00000235. The molecule has 0 spiro atoms. The molecule has 2 aromatic carbocycles. The Hall–Kier alpha value is -1.99. The summed E-state index contributed by atoms with van der Waals surface area (Å²) in [6.45, 7) is 30.5. The van der Waals surface area contributed by atoms with Crippen molar-refractivity contribution >= 4 is 11.4 Å². The molecule has 3 heteroatoms. The third-order valence-corrected chi connectivity index (χ3v) is 13.3. The number of aryl methyl sites for hydroxylation is 4. The molecule has 2 aromatic rings. The summed E-state index contributed by atoms with van der Waals surface area (Å²) in [5.41, 5.74) is 29.5. The minimum atomic E-state index is 0. The predicted octanol–water partition coefficient (Wildman–Crippen LogP) is 20.9. The third kappa shape index (κ3) is 23.2. The summed E-state index contributed by atoms with van der Waals surface area (Å²) in [5, 5.41) is 0. The molecule has 0 saturated carbocycles. The molecule has 0 atom stereocenters. The van der Waals surface area contributed by atoms with Crippen LogP contribution in [0.2, 0.25) is 0 Å². The smallest absolute Gasteiger partial charge is 0.493 e. The maximum absolute atomic E-state index is 12.7. The fourth-order valence-corrected chi connectivity index (χ4v) is 9.28. The van der Waals surface area contributed by atoms with Crippen LogP contribution >= 0.6 is 0 Å². The van der Waals surface area contributed by atoms with Crippen LogP contribution in [0.15, 0.2) is 35.4 Å². The molecule has 0 N–H and O–H groups in total. The Labute approximate surface area is 417 Å². The quantitative estimate of drug-likeness (QED) is 0.0289. The third-order valence-electron chi connectivity index (χ3n) is 13.3. The van der Waals surface area contributed by atoms with Gasteiger partial charge in [0.05, 0.1) is 0 Å². The van der Waals surface area contributed by atoms with Crippen LogP contribution in [-0.2, 0) is 55.0 Å². The van der Waals surface area contributed by atoms with Gasteiger partial charge < -0.3 is 19.4 Å². The predicted molar refractivity (Wildman–Crippen MR) is 289 cm³/mol. The summed E-state index contributed by atoms with van der Waals surface area (Å²) in [7, 11) is 0. The van der Waals surface area contributed by atoms with Crippen molar-refractivity contribution in [1.82, 2.24) is 0 Å². The molecule has 0 saturated heterocycles. The first-order valence-electron chi connectivity index (χ1n) is 28.1. The van der Waals surface area contributed by atoms with Gasteiger partial charge in [-0.05, 0) is 160 Å². The summed E-state index contributed by atoms with van der Waals surface area (Å²) in [5.74, 6) is 0. The monoisotopic (exact) mass is 937 g/mol. The van der Waals surface area contributed by atoms with Gasteiger partial charge in [0.25, 0.3) is 0 Å². The topological polar surface area (TPSA) is 25.3 Å². The molecular formula is C62H106N2Ni. The number of allylic oxidation sites excluding steroid dienone is 2. The van der Waals surface area contributed by atoms with Crippen molar-refractivity contribution in [2.75, 3.05) is 0 Å². The van der Waals surface area contributed by atoms with Crippen LogP contribution in [0.3, 0.4) is 0 Å². The summed E-state index contributed by atoms with van der Waals surface area (Å²) in [6.07, 6.45) is 41.2. The summed E-state index contributed by atoms with van der Waals surface area (Å²) >= 11 is 0. The first-order chi connectivity index (χ1) is 31.3. The van der Waals surface area contributed by atoms with E-state index in [-0.39, 0.29) is 16.5 Å². The van der Waals surface area contributed by atoms with E-state index in [1.807, 2.05) is 0 Å². The van der Waals surface area contributed by atoms with Gasteiger partial charge in [0, 0.05) is 22.3 Å². The molecule has 0 aliphatic carbocycles. The minimum Gasteiger partial charge on any atom is -0.493 e. The van der Waals surface area contributed by atoms with E-state index >= 15 is 0 Å². The van der Waals surface area contributed by atoms with Gasteiger partial charge in [0.15, 0.2) is 0 Å².